The Bertz CT molecular complexity index is 1210. The van der Waals surface area contributed by atoms with Gasteiger partial charge < -0.3 is 14.8 Å². The number of carbonyl (C=O) groups excluding carboxylic acids is 1. The lowest BCUT2D eigenvalue weighted by molar-refractivity contribution is 0.0931. The van der Waals surface area contributed by atoms with Crippen LogP contribution in [-0.2, 0) is 6.42 Å². The van der Waals surface area contributed by atoms with Gasteiger partial charge in [-0.2, -0.15) is 0 Å². The van der Waals surface area contributed by atoms with Crippen LogP contribution < -0.4 is 14.8 Å². The van der Waals surface area contributed by atoms with E-state index in [9.17, 15) is 4.79 Å². The highest BCUT2D eigenvalue weighted by Crippen LogP contribution is 2.38. The van der Waals surface area contributed by atoms with Crippen LogP contribution in [0.1, 0.15) is 29.4 Å². The van der Waals surface area contributed by atoms with Gasteiger partial charge in [0.15, 0.2) is 0 Å². The Morgan fingerprint density at radius 1 is 0.941 bits per heavy atom. The highest BCUT2D eigenvalue weighted by atomic mass is 16.5. The molecular formula is C28H29N3O3. The summed E-state index contributed by atoms with van der Waals surface area (Å²) in [4.78, 5) is 17.2. The average molecular weight is 456 g/mol. The molecule has 6 heteroatoms. The second-order valence-corrected chi connectivity index (χ2v) is 8.13. The standard InChI is InChI=1S/C28H29N3O3/c1-20(12-13-21-8-5-4-6-9-21)30-28(32)24-18-29-19-31(24)23-16-14-22(15-17-23)27-25(33-2)10-7-11-26(27)34-3/h4-11,14-20H,12-13H2,1-3H3,(H,30,32)/t20-/m0/s1. The molecule has 4 rings (SSSR count). The number of benzene rings is 3. The monoisotopic (exact) mass is 455 g/mol. The van der Waals surface area contributed by atoms with Crippen LogP contribution in [0.5, 0.6) is 11.5 Å². The molecule has 0 aliphatic rings. The zero-order valence-electron chi connectivity index (χ0n) is 19.7. The number of hydrogen-bond acceptors (Lipinski definition) is 4. The van der Waals surface area contributed by atoms with Gasteiger partial charge in [0.25, 0.3) is 5.91 Å². The first kappa shape index (κ1) is 23.1. The van der Waals surface area contributed by atoms with Gasteiger partial charge in [-0.3, -0.25) is 9.36 Å². The van der Waals surface area contributed by atoms with Crippen molar-refractivity contribution in [2.24, 2.45) is 0 Å². The number of aromatic nitrogens is 2. The van der Waals surface area contributed by atoms with E-state index < -0.39 is 0 Å². The Hall–Kier alpha value is -4.06. The molecule has 0 radical (unpaired) electrons. The molecule has 1 amide bonds. The van der Waals surface area contributed by atoms with Crippen molar-refractivity contribution in [2.45, 2.75) is 25.8 Å². The highest BCUT2D eigenvalue weighted by molar-refractivity contribution is 5.93. The van der Waals surface area contributed by atoms with Crippen LogP contribution in [0.3, 0.4) is 0 Å². The summed E-state index contributed by atoms with van der Waals surface area (Å²) in [6.07, 6.45) is 5.02. The SMILES string of the molecule is COc1cccc(OC)c1-c1ccc(-n2cncc2C(=O)N[C@@H](C)CCc2ccccc2)cc1. The van der Waals surface area contributed by atoms with Gasteiger partial charge in [-0.05, 0) is 55.2 Å². The molecule has 0 saturated carbocycles. The minimum atomic E-state index is -0.145. The lowest BCUT2D eigenvalue weighted by Crippen LogP contribution is -2.34. The largest absolute Gasteiger partial charge is 0.496 e. The molecule has 174 valence electrons. The average Bonchev–Trinajstić information content (AvgIpc) is 3.38. The van der Waals surface area contributed by atoms with Gasteiger partial charge in [0.1, 0.15) is 17.2 Å². The highest BCUT2D eigenvalue weighted by Gasteiger charge is 2.17. The van der Waals surface area contributed by atoms with Crippen molar-refractivity contribution < 1.29 is 14.3 Å². The third-order valence-corrected chi connectivity index (χ3v) is 5.82. The normalized spacial score (nSPS) is 11.6. The topological polar surface area (TPSA) is 65.4 Å². The third kappa shape index (κ3) is 5.12. The van der Waals surface area contributed by atoms with Gasteiger partial charge in [0.2, 0.25) is 0 Å². The predicted molar refractivity (Wildman–Crippen MR) is 134 cm³/mol. The van der Waals surface area contributed by atoms with Crippen LogP contribution in [0.4, 0.5) is 0 Å². The maximum absolute atomic E-state index is 13.0. The Balaban J connectivity index is 1.49. The smallest absolute Gasteiger partial charge is 0.270 e. The number of amides is 1. The minimum absolute atomic E-state index is 0.0384. The van der Waals surface area contributed by atoms with Crippen molar-refractivity contribution in [1.29, 1.82) is 0 Å². The zero-order chi connectivity index (χ0) is 23.9. The molecule has 0 unspecified atom stereocenters. The molecular weight excluding hydrogens is 426 g/mol. The molecule has 0 fully saturated rings. The molecule has 1 aromatic heterocycles. The summed E-state index contributed by atoms with van der Waals surface area (Å²) in [5, 5.41) is 3.10. The van der Waals surface area contributed by atoms with Gasteiger partial charge >= 0.3 is 0 Å². The fourth-order valence-electron chi connectivity index (χ4n) is 3.99. The lowest BCUT2D eigenvalue weighted by atomic mass is 10.0. The van der Waals surface area contributed by atoms with Crippen molar-refractivity contribution in [3.8, 4) is 28.3 Å². The van der Waals surface area contributed by atoms with E-state index in [-0.39, 0.29) is 11.9 Å². The molecule has 3 aromatic carbocycles. The first-order valence-corrected chi connectivity index (χ1v) is 11.3. The van der Waals surface area contributed by atoms with Crippen molar-refractivity contribution in [1.82, 2.24) is 14.9 Å². The number of nitrogens with zero attached hydrogens (tertiary/aromatic N) is 2. The van der Waals surface area contributed by atoms with E-state index in [4.69, 9.17) is 9.47 Å². The molecule has 34 heavy (non-hydrogen) atoms. The summed E-state index contributed by atoms with van der Waals surface area (Å²) in [5.41, 5.74) is 4.44. The van der Waals surface area contributed by atoms with Crippen LogP contribution in [0.15, 0.2) is 85.3 Å². The van der Waals surface area contributed by atoms with Crippen LogP contribution >= 0.6 is 0 Å². The lowest BCUT2D eigenvalue weighted by Gasteiger charge is -2.16. The summed E-state index contributed by atoms with van der Waals surface area (Å²) in [5.74, 6) is 1.33. The minimum Gasteiger partial charge on any atom is -0.496 e. The van der Waals surface area contributed by atoms with Crippen LogP contribution in [-0.4, -0.2) is 35.7 Å². The van der Waals surface area contributed by atoms with E-state index in [1.54, 1.807) is 31.3 Å². The van der Waals surface area contributed by atoms with Gasteiger partial charge in [0, 0.05) is 11.7 Å². The molecule has 0 bridgehead atoms. The quantitative estimate of drug-likeness (QED) is 0.372. The number of carbonyl (C=O) groups is 1. The Morgan fingerprint density at radius 3 is 2.26 bits per heavy atom. The first-order chi connectivity index (χ1) is 16.6. The van der Waals surface area contributed by atoms with E-state index in [0.29, 0.717) is 5.69 Å². The van der Waals surface area contributed by atoms with E-state index in [2.05, 4.69) is 22.4 Å². The predicted octanol–water partition coefficient (Wildman–Crippen LogP) is 5.31. The van der Waals surface area contributed by atoms with Crippen molar-refractivity contribution in [3.63, 3.8) is 0 Å². The fraction of sp³-hybridized carbons (Fsp3) is 0.214. The third-order valence-electron chi connectivity index (χ3n) is 5.82. The number of imidazole rings is 1. The summed E-state index contributed by atoms with van der Waals surface area (Å²) >= 11 is 0. The van der Waals surface area contributed by atoms with Gasteiger partial charge in [-0.25, -0.2) is 4.98 Å². The second kappa shape index (κ2) is 10.7. The van der Waals surface area contributed by atoms with E-state index in [0.717, 1.165) is 41.2 Å². The van der Waals surface area contributed by atoms with E-state index >= 15 is 0 Å². The summed E-state index contributed by atoms with van der Waals surface area (Å²) < 4.78 is 12.9. The molecule has 6 nitrogen and oxygen atoms in total. The van der Waals surface area contributed by atoms with Crippen molar-refractivity contribution in [2.75, 3.05) is 14.2 Å². The van der Waals surface area contributed by atoms with Crippen molar-refractivity contribution >= 4 is 5.91 Å². The second-order valence-electron chi connectivity index (χ2n) is 8.13. The molecule has 0 aliphatic heterocycles. The summed E-state index contributed by atoms with van der Waals surface area (Å²) in [7, 11) is 3.29. The molecule has 1 atom stereocenters. The zero-order valence-corrected chi connectivity index (χ0v) is 19.7. The van der Waals surface area contributed by atoms with Gasteiger partial charge in [-0.15, -0.1) is 0 Å². The fourth-order valence-corrected chi connectivity index (χ4v) is 3.99. The van der Waals surface area contributed by atoms with Gasteiger partial charge in [-0.1, -0.05) is 48.5 Å². The van der Waals surface area contributed by atoms with Crippen molar-refractivity contribution in [3.05, 3.63) is 96.6 Å². The maximum atomic E-state index is 13.0. The Kier molecular flexibility index (Phi) is 7.28. The number of methoxy groups -OCH3 is 2. The number of nitrogens with one attached hydrogen (secondary N) is 1. The van der Waals surface area contributed by atoms with Crippen LogP contribution in [0, 0.1) is 0 Å². The molecule has 1 heterocycles. The Labute approximate surface area is 200 Å². The molecule has 1 N–H and O–H groups in total. The summed E-state index contributed by atoms with van der Waals surface area (Å²) in [6, 6.07) is 23.9. The number of aryl methyl sites for hydroxylation is 1. The van der Waals surface area contributed by atoms with Gasteiger partial charge in [0.05, 0.1) is 32.3 Å². The Morgan fingerprint density at radius 2 is 1.62 bits per heavy atom. The number of hydrogen-bond donors (Lipinski definition) is 1. The van der Waals surface area contributed by atoms with Crippen LogP contribution in [0.2, 0.25) is 0 Å². The van der Waals surface area contributed by atoms with E-state index in [1.807, 2.05) is 67.6 Å². The van der Waals surface area contributed by atoms with E-state index in [1.165, 1.54) is 5.56 Å². The van der Waals surface area contributed by atoms with Crippen LogP contribution in [0.25, 0.3) is 16.8 Å². The maximum Gasteiger partial charge on any atom is 0.270 e. The number of rotatable bonds is 9. The molecule has 0 aliphatic carbocycles. The molecule has 0 saturated heterocycles. The summed E-state index contributed by atoms with van der Waals surface area (Å²) in [6.45, 7) is 2.02. The molecule has 0 spiro atoms. The number of ether oxygens (including phenoxy) is 2. The first-order valence-electron chi connectivity index (χ1n) is 11.3. The molecule has 4 aromatic rings.